The number of hydrogen-bond acceptors (Lipinski definition) is 4. The normalized spacial score (nSPS) is 11.2. The largest absolute Gasteiger partial charge is 0.442 e. The minimum atomic E-state index is -0.547. The Morgan fingerprint density at radius 1 is 1.25 bits per heavy atom. The highest BCUT2D eigenvalue weighted by molar-refractivity contribution is 5.66. The van der Waals surface area contributed by atoms with Crippen LogP contribution in [0.15, 0.2) is 30.3 Å². The van der Waals surface area contributed by atoms with E-state index in [9.17, 15) is 4.79 Å². The second-order valence-electron chi connectivity index (χ2n) is 5.48. The minimum absolute atomic E-state index is 0.324. The first-order valence-corrected chi connectivity index (χ1v) is 6.80. The molecule has 0 atom stereocenters. The van der Waals surface area contributed by atoms with Gasteiger partial charge in [0, 0.05) is 0 Å². The second kappa shape index (κ2) is 7.87. The lowest BCUT2D eigenvalue weighted by atomic mass is 10.2. The van der Waals surface area contributed by atoms with Crippen molar-refractivity contribution in [1.29, 1.82) is 0 Å². The average Bonchev–Trinajstić information content (AvgIpc) is 2.38. The van der Waals surface area contributed by atoms with Crippen LogP contribution in [0.25, 0.3) is 0 Å². The Morgan fingerprint density at radius 2 is 1.90 bits per heavy atom. The van der Waals surface area contributed by atoms with Gasteiger partial charge in [-0.25, -0.2) is 4.79 Å². The van der Waals surface area contributed by atoms with Crippen molar-refractivity contribution in [2.75, 3.05) is 13.1 Å². The molecule has 0 saturated heterocycles. The first kappa shape index (κ1) is 16.5. The molecule has 1 aromatic rings. The minimum Gasteiger partial charge on any atom is -0.442 e. The van der Waals surface area contributed by atoms with Crippen LogP contribution in [0.2, 0.25) is 0 Å². The Balaban J connectivity index is 2.57. The Hall–Kier alpha value is -1.59. The highest BCUT2D eigenvalue weighted by atomic mass is 16.7. The quantitative estimate of drug-likeness (QED) is 0.814. The fraction of sp³-hybridized carbons (Fsp3) is 0.533. The maximum Gasteiger partial charge on any atom is 0.434 e. The first-order valence-electron chi connectivity index (χ1n) is 6.80. The molecule has 112 valence electrons. The molecule has 5 nitrogen and oxygen atoms in total. The summed E-state index contributed by atoms with van der Waals surface area (Å²) in [4.78, 5) is 17.6. The summed E-state index contributed by atoms with van der Waals surface area (Å²) in [5.41, 5.74) is 5.92. The molecule has 1 aromatic carbocycles. The van der Waals surface area contributed by atoms with Crippen LogP contribution in [0, 0.1) is 0 Å². The summed E-state index contributed by atoms with van der Waals surface area (Å²) in [7, 11) is 0. The number of benzene rings is 1. The van der Waals surface area contributed by atoms with E-state index in [2.05, 4.69) is 0 Å². The summed E-state index contributed by atoms with van der Waals surface area (Å²) < 4.78 is 5.31. The Morgan fingerprint density at radius 3 is 2.45 bits per heavy atom. The van der Waals surface area contributed by atoms with Crippen LogP contribution in [0.1, 0.15) is 32.8 Å². The van der Waals surface area contributed by atoms with Gasteiger partial charge in [-0.3, -0.25) is 4.84 Å². The van der Waals surface area contributed by atoms with E-state index in [0.717, 1.165) is 5.56 Å². The molecular formula is C15H24N2O3. The van der Waals surface area contributed by atoms with E-state index >= 15 is 0 Å². The summed E-state index contributed by atoms with van der Waals surface area (Å²) >= 11 is 0. The van der Waals surface area contributed by atoms with Crippen LogP contribution in [-0.2, 0) is 16.2 Å². The number of nitrogens with zero attached hydrogens (tertiary/aromatic N) is 1. The van der Waals surface area contributed by atoms with Crippen molar-refractivity contribution >= 4 is 6.09 Å². The van der Waals surface area contributed by atoms with Crippen LogP contribution in [-0.4, -0.2) is 29.8 Å². The maximum absolute atomic E-state index is 12.0. The van der Waals surface area contributed by atoms with Crippen LogP contribution < -0.4 is 5.73 Å². The molecule has 0 bridgehead atoms. The van der Waals surface area contributed by atoms with Crippen molar-refractivity contribution in [3.8, 4) is 0 Å². The van der Waals surface area contributed by atoms with Crippen LogP contribution in [0.3, 0.4) is 0 Å². The number of nitrogens with two attached hydrogens (primary N) is 1. The number of carbonyl (C=O) groups excluding carboxylic acids is 1. The van der Waals surface area contributed by atoms with Crippen molar-refractivity contribution in [2.45, 2.75) is 39.4 Å². The summed E-state index contributed by atoms with van der Waals surface area (Å²) in [5, 5.41) is 1.24. The predicted octanol–water partition coefficient (Wildman–Crippen LogP) is 2.70. The number of hydroxylamine groups is 2. The van der Waals surface area contributed by atoms with Crippen molar-refractivity contribution in [1.82, 2.24) is 5.06 Å². The van der Waals surface area contributed by atoms with E-state index in [1.165, 1.54) is 5.06 Å². The molecular weight excluding hydrogens is 256 g/mol. The molecule has 5 heteroatoms. The number of amides is 1. The van der Waals surface area contributed by atoms with E-state index in [1.54, 1.807) is 0 Å². The number of hydrogen-bond donors (Lipinski definition) is 1. The number of carbonyl (C=O) groups is 1. The first-order chi connectivity index (χ1) is 9.42. The van der Waals surface area contributed by atoms with E-state index in [1.807, 2.05) is 51.1 Å². The van der Waals surface area contributed by atoms with Gasteiger partial charge >= 0.3 is 6.09 Å². The van der Waals surface area contributed by atoms with Gasteiger partial charge in [-0.1, -0.05) is 30.3 Å². The van der Waals surface area contributed by atoms with Crippen LogP contribution in [0.4, 0.5) is 4.79 Å². The van der Waals surface area contributed by atoms with E-state index in [4.69, 9.17) is 15.3 Å². The molecule has 0 aliphatic heterocycles. The highest BCUT2D eigenvalue weighted by Gasteiger charge is 2.22. The van der Waals surface area contributed by atoms with Gasteiger partial charge in [-0.05, 0) is 39.3 Å². The molecule has 0 radical (unpaired) electrons. The third-order valence-electron chi connectivity index (χ3n) is 2.39. The zero-order chi connectivity index (χ0) is 15.0. The Labute approximate surface area is 120 Å². The lowest BCUT2D eigenvalue weighted by molar-refractivity contribution is -0.156. The fourth-order valence-electron chi connectivity index (χ4n) is 1.48. The van der Waals surface area contributed by atoms with Crippen LogP contribution >= 0.6 is 0 Å². The molecule has 0 aliphatic carbocycles. The standard InChI is InChI=1S/C15H24N2O3/c1-15(2,3)20-14(18)17(11-7-10-16)19-12-13-8-5-4-6-9-13/h4-6,8-9H,7,10-12,16H2,1-3H3. The molecule has 2 N–H and O–H groups in total. The topological polar surface area (TPSA) is 64.8 Å². The van der Waals surface area contributed by atoms with Gasteiger partial charge in [0.2, 0.25) is 0 Å². The summed E-state index contributed by atoms with van der Waals surface area (Å²) in [6.45, 7) is 6.70. The Bertz CT molecular complexity index is 401. The number of ether oxygens (including phenoxy) is 1. The lowest BCUT2D eigenvalue weighted by Gasteiger charge is -2.26. The average molecular weight is 280 g/mol. The predicted molar refractivity (Wildman–Crippen MR) is 77.8 cm³/mol. The summed E-state index contributed by atoms with van der Waals surface area (Å²) in [5.74, 6) is 0. The molecule has 0 unspecified atom stereocenters. The smallest absolute Gasteiger partial charge is 0.434 e. The van der Waals surface area contributed by atoms with E-state index in [-0.39, 0.29) is 0 Å². The summed E-state index contributed by atoms with van der Waals surface area (Å²) in [6, 6.07) is 9.67. The molecule has 1 rings (SSSR count). The molecule has 0 fully saturated rings. The molecule has 0 aliphatic rings. The van der Waals surface area contributed by atoms with Crippen molar-refractivity contribution in [2.24, 2.45) is 5.73 Å². The third-order valence-corrected chi connectivity index (χ3v) is 2.39. The molecule has 0 heterocycles. The zero-order valence-corrected chi connectivity index (χ0v) is 12.5. The van der Waals surface area contributed by atoms with E-state index < -0.39 is 11.7 Å². The summed E-state index contributed by atoms with van der Waals surface area (Å²) in [6.07, 6.45) is 0.176. The highest BCUT2D eigenvalue weighted by Crippen LogP contribution is 2.12. The van der Waals surface area contributed by atoms with E-state index in [0.29, 0.717) is 26.1 Å². The van der Waals surface area contributed by atoms with Gasteiger partial charge in [0.25, 0.3) is 0 Å². The number of rotatable bonds is 6. The van der Waals surface area contributed by atoms with Crippen molar-refractivity contribution in [3.05, 3.63) is 35.9 Å². The monoisotopic (exact) mass is 280 g/mol. The van der Waals surface area contributed by atoms with Crippen molar-refractivity contribution < 1.29 is 14.4 Å². The van der Waals surface area contributed by atoms with Gasteiger partial charge in [-0.15, -0.1) is 0 Å². The van der Waals surface area contributed by atoms with Crippen molar-refractivity contribution in [3.63, 3.8) is 0 Å². The van der Waals surface area contributed by atoms with Gasteiger partial charge in [0.05, 0.1) is 6.54 Å². The lowest BCUT2D eigenvalue weighted by Crippen LogP contribution is -2.38. The zero-order valence-electron chi connectivity index (χ0n) is 12.5. The molecule has 1 amide bonds. The SMILES string of the molecule is CC(C)(C)OC(=O)N(CCCN)OCc1ccccc1. The maximum atomic E-state index is 12.0. The van der Waals surface area contributed by atoms with Gasteiger partial charge < -0.3 is 10.5 Å². The second-order valence-corrected chi connectivity index (χ2v) is 5.48. The molecule has 0 aromatic heterocycles. The third kappa shape index (κ3) is 6.54. The Kier molecular flexibility index (Phi) is 6.48. The molecule has 0 saturated carbocycles. The van der Waals surface area contributed by atoms with Gasteiger partial charge in [0.1, 0.15) is 12.2 Å². The van der Waals surface area contributed by atoms with Gasteiger partial charge in [-0.2, -0.15) is 5.06 Å². The fourth-order valence-corrected chi connectivity index (χ4v) is 1.48. The van der Waals surface area contributed by atoms with Crippen LogP contribution in [0.5, 0.6) is 0 Å². The molecule has 0 spiro atoms. The molecule has 20 heavy (non-hydrogen) atoms. The van der Waals surface area contributed by atoms with Gasteiger partial charge in [0.15, 0.2) is 0 Å².